The van der Waals surface area contributed by atoms with Crippen LogP contribution in [0.2, 0.25) is 0 Å². The molecule has 0 atom stereocenters. The van der Waals surface area contributed by atoms with Crippen LogP contribution in [0.5, 0.6) is 0 Å². The zero-order chi connectivity index (χ0) is 23.9. The van der Waals surface area contributed by atoms with Crippen LogP contribution in [0, 0.1) is 6.92 Å². The topological polar surface area (TPSA) is 81.3 Å². The highest BCUT2D eigenvalue weighted by Crippen LogP contribution is 2.22. The molecule has 0 unspecified atom stereocenters. The molecular weight excluding hydrogens is 426 g/mol. The van der Waals surface area contributed by atoms with Gasteiger partial charge in [0.1, 0.15) is 5.71 Å². The number of aryl methyl sites for hydroxylation is 3. The average molecular weight is 456 g/mol. The van der Waals surface area contributed by atoms with Gasteiger partial charge in [0, 0.05) is 61.1 Å². The molecule has 34 heavy (non-hydrogen) atoms. The number of para-hydroxylation sites is 1. The Labute approximate surface area is 199 Å². The molecule has 0 aliphatic rings. The molecule has 0 radical (unpaired) electrons. The van der Waals surface area contributed by atoms with E-state index < -0.39 is 5.91 Å². The van der Waals surface area contributed by atoms with Gasteiger partial charge < -0.3 is 14.5 Å². The lowest BCUT2D eigenvalue weighted by Crippen LogP contribution is -2.34. The van der Waals surface area contributed by atoms with E-state index in [4.69, 9.17) is 0 Å². The van der Waals surface area contributed by atoms with E-state index in [1.165, 1.54) is 0 Å². The SMILES string of the molecule is CCn1cc(CC(=NC(=O)c2ccc(C)cc2)C(=O)NCCCn2ccnc2)c2ccccc21. The number of aromatic nitrogens is 3. The van der Waals surface area contributed by atoms with Crippen LogP contribution < -0.4 is 5.32 Å². The van der Waals surface area contributed by atoms with Crippen molar-refractivity contribution in [1.29, 1.82) is 0 Å². The summed E-state index contributed by atoms with van der Waals surface area (Å²) in [6.07, 6.45) is 8.43. The van der Waals surface area contributed by atoms with Crippen molar-refractivity contribution in [2.75, 3.05) is 6.54 Å². The molecule has 7 heteroatoms. The Morgan fingerprint density at radius 3 is 2.62 bits per heavy atom. The number of hydrogen-bond acceptors (Lipinski definition) is 3. The molecule has 174 valence electrons. The van der Waals surface area contributed by atoms with Crippen LogP contribution in [-0.4, -0.2) is 38.2 Å². The molecule has 2 heterocycles. The van der Waals surface area contributed by atoms with Crippen LogP contribution in [-0.2, 0) is 24.3 Å². The van der Waals surface area contributed by atoms with E-state index >= 15 is 0 Å². The van der Waals surface area contributed by atoms with Crippen molar-refractivity contribution in [3.8, 4) is 0 Å². The fourth-order valence-corrected chi connectivity index (χ4v) is 3.94. The molecule has 2 amide bonds. The van der Waals surface area contributed by atoms with Crippen molar-refractivity contribution in [3.05, 3.63) is 90.1 Å². The molecule has 0 bridgehead atoms. The van der Waals surface area contributed by atoms with Gasteiger partial charge >= 0.3 is 0 Å². The van der Waals surface area contributed by atoms with Gasteiger partial charge in [0.05, 0.1) is 6.33 Å². The number of nitrogens with one attached hydrogen (secondary N) is 1. The van der Waals surface area contributed by atoms with Gasteiger partial charge in [-0.2, -0.15) is 0 Å². The van der Waals surface area contributed by atoms with Gasteiger partial charge in [0.2, 0.25) is 0 Å². The lowest BCUT2D eigenvalue weighted by molar-refractivity contribution is -0.114. The van der Waals surface area contributed by atoms with Gasteiger partial charge in [0.25, 0.3) is 11.8 Å². The van der Waals surface area contributed by atoms with Gasteiger partial charge in [-0.15, -0.1) is 0 Å². The van der Waals surface area contributed by atoms with Crippen molar-refractivity contribution >= 4 is 28.4 Å². The van der Waals surface area contributed by atoms with Crippen molar-refractivity contribution in [2.24, 2.45) is 4.99 Å². The quantitative estimate of drug-likeness (QED) is 0.303. The summed E-state index contributed by atoms with van der Waals surface area (Å²) in [4.78, 5) is 34.3. The van der Waals surface area contributed by atoms with Crippen LogP contribution in [0.25, 0.3) is 10.9 Å². The first-order valence-corrected chi connectivity index (χ1v) is 11.5. The zero-order valence-corrected chi connectivity index (χ0v) is 19.6. The predicted octanol–water partition coefficient (Wildman–Crippen LogP) is 4.20. The molecule has 4 aromatic rings. The molecule has 0 spiro atoms. The van der Waals surface area contributed by atoms with E-state index in [9.17, 15) is 9.59 Å². The van der Waals surface area contributed by atoms with E-state index in [1.807, 2.05) is 54.2 Å². The maximum Gasteiger partial charge on any atom is 0.277 e. The molecule has 7 nitrogen and oxygen atoms in total. The molecule has 0 aliphatic carbocycles. The number of imidazole rings is 1. The highest BCUT2D eigenvalue weighted by molar-refractivity contribution is 6.41. The third kappa shape index (κ3) is 5.49. The Hall–Kier alpha value is -4.00. The maximum atomic E-state index is 13.1. The Morgan fingerprint density at radius 1 is 1.09 bits per heavy atom. The van der Waals surface area contributed by atoms with E-state index in [1.54, 1.807) is 24.7 Å². The number of rotatable bonds is 9. The van der Waals surface area contributed by atoms with E-state index in [0.717, 1.165) is 41.5 Å². The number of carbonyl (C=O) groups is 2. The molecule has 0 fully saturated rings. The lowest BCUT2D eigenvalue weighted by Gasteiger charge is -2.09. The summed E-state index contributed by atoms with van der Waals surface area (Å²) in [6.45, 7) is 6.09. The molecule has 0 saturated carbocycles. The number of amides is 2. The van der Waals surface area contributed by atoms with Gasteiger partial charge in [0.15, 0.2) is 0 Å². The second-order valence-corrected chi connectivity index (χ2v) is 8.27. The molecule has 1 N–H and O–H groups in total. The summed E-state index contributed by atoms with van der Waals surface area (Å²) in [6, 6.07) is 15.3. The van der Waals surface area contributed by atoms with Crippen molar-refractivity contribution in [1.82, 2.24) is 19.4 Å². The van der Waals surface area contributed by atoms with Crippen molar-refractivity contribution in [2.45, 2.75) is 39.8 Å². The minimum absolute atomic E-state index is 0.215. The highest BCUT2D eigenvalue weighted by atomic mass is 16.2. The summed E-state index contributed by atoms with van der Waals surface area (Å²) in [7, 11) is 0. The van der Waals surface area contributed by atoms with Crippen LogP contribution >= 0.6 is 0 Å². The Kier molecular flexibility index (Phi) is 7.32. The van der Waals surface area contributed by atoms with Crippen molar-refractivity contribution < 1.29 is 9.59 Å². The van der Waals surface area contributed by atoms with Crippen LogP contribution in [0.1, 0.15) is 34.8 Å². The average Bonchev–Trinajstić information content (AvgIpc) is 3.49. The monoisotopic (exact) mass is 455 g/mol. The van der Waals surface area contributed by atoms with E-state index in [-0.39, 0.29) is 18.0 Å². The molecule has 4 rings (SSSR count). The number of carbonyl (C=O) groups excluding carboxylic acids is 2. The summed E-state index contributed by atoms with van der Waals surface area (Å²) in [5.74, 6) is -0.734. The number of nitrogens with zero attached hydrogens (tertiary/aromatic N) is 4. The lowest BCUT2D eigenvalue weighted by atomic mass is 10.1. The van der Waals surface area contributed by atoms with Crippen LogP contribution in [0.15, 0.2) is 78.4 Å². The number of benzene rings is 2. The minimum atomic E-state index is -0.414. The Balaban J connectivity index is 1.56. The number of fused-ring (bicyclic) bond motifs is 1. The smallest absolute Gasteiger partial charge is 0.277 e. The fourth-order valence-electron chi connectivity index (χ4n) is 3.94. The molecule has 0 aliphatic heterocycles. The highest BCUT2D eigenvalue weighted by Gasteiger charge is 2.18. The first-order chi connectivity index (χ1) is 16.5. The largest absolute Gasteiger partial charge is 0.351 e. The van der Waals surface area contributed by atoms with Crippen LogP contribution in [0.4, 0.5) is 0 Å². The van der Waals surface area contributed by atoms with Gasteiger partial charge in [-0.3, -0.25) is 9.59 Å². The summed E-state index contributed by atoms with van der Waals surface area (Å²) < 4.78 is 4.11. The summed E-state index contributed by atoms with van der Waals surface area (Å²) in [5, 5.41) is 4.00. The number of hydrogen-bond donors (Lipinski definition) is 1. The normalized spacial score (nSPS) is 11.6. The van der Waals surface area contributed by atoms with Gasteiger partial charge in [-0.05, 0) is 44.0 Å². The van der Waals surface area contributed by atoms with E-state index in [0.29, 0.717) is 12.1 Å². The molecule has 2 aromatic heterocycles. The Bertz CT molecular complexity index is 1300. The first-order valence-electron chi connectivity index (χ1n) is 11.5. The second kappa shape index (κ2) is 10.7. The van der Waals surface area contributed by atoms with Crippen molar-refractivity contribution in [3.63, 3.8) is 0 Å². The third-order valence-corrected chi connectivity index (χ3v) is 5.80. The third-order valence-electron chi connectivity index (χ3n) is 5.80. The molecule has 0 saturated heterocycles. The maximum absolute atomic E-state index is 13.1. The molecular formula is C27H29N5O2. The second-order valence-electron chi connectivity index (χ2n) is 8.27. The summed E-state index contributed by atoms with van der Waals surface area (Å²) >= 11 is 0. The standard InChI is InChI=1S/C27H29N5O2/c1-3-32-18-22(23-7-4-5-8-25(23)32)17-24(30-26(33)21-11-9-20(2)10-12-21)27(34)29-13-6-15-31-16-14-28-19-31/h4-5,7-12,14,16,18-19H,3,6,13,15,17H2,1-2H3,(H,29,34). The first kappa shape index (κ1) is 23.2. The zero-order valence-electron chi connectivity index (χ0n) is 19.6. The fraction of sp³-hybridized carbons (Fsp3) is 0.259. The number of aliphatic imine (C=N–C) groups is 1. The minimum Gasteiger partial charge on any atom is -0.351 e. The molecule has 2 aromatic carbocycles. The van der Waals surface area contributed by atoms with Gasteiger partial charge in [-0.1, -0.05) is 35.9 Å². The van der Waals surface area contributed by atoms with E-state index in [2.05, 4.69) is 32.9 Å². The predicted molar refractivity (Wildman–Crippen MR) is 134 cm³/mol. The summed E-state index contributed by atoms with van der Waals surface area (Å²) in [5.41, 5.74) is 3.81. The Morgan fingerprint density at radius 2 is 1.88 bits per heavy atom. The van der Waals surface area contributed by atoms with Gasteiger partial charge in [-0.25, -0.2) is 9.98 Å². The van der Waals surface area contributed by atoms with Crippen LogP contribution in [0.3, 0.4) is 0 Å².